The number of fused-ring (bicyclic) bond motifs is 1. The summed E-state index contributed by atoms with van der Waals surface area (Å²) < 4.78 is 11.9. The molecule has 2 aromatic rings. The summed E-state index contributed by atoms with van der Waals surface area (Å²) in [6, 6.07) is 13.3. The first-order valence-corrected chi connectivity index (χ1v) is 9.06. The van der Waals surface area contributed by atoms with Crippen LogP contribution in [0.3, 0.4) is 0 Å². The molecule has 4 rings (SSSR count). The molecule has 0 aliphatic carbocycles. The molecule has 2 unspecified atom stereocenters. The number of carbonyl (C=O) groups is 1. The molecule has 0 radical (unpaired) electrons. The molecule has 2 aliphatic rings. The fraction of sp³-hybridized carbons (Fsp3) is 0.316. The normalized spacial score (nSPS) is 20.6. The minimum absolute atomic E-state index is 0.143. The lowest BCUT2D eigenvalue weighted by Crippen LogP contribution is -2.39. The van der Waals surface area contributed by atoms with E-state index in [2.05, 4.69) is 20.8 Å². The number of ether oxygens (including phenoxy) is 2. The highest BCUT2D eigenvalue weighted by Gasteiger charge is 2.37. The summed E-state index contributed by atoms with van der Waals surface area (Å²) in [7, 11) is 0. The standard InChI is InChI=1S/C19H18BrNO4/c20-14-4-1-3-12(9-14)18(21-8-2-5-15(21)19(22)23)13-6-7-16-17(10-13)25-11-24-16/h1,3-4,6-7,9-10,15,18H,2,5,8,11H2,(H,22,23). The van der Waals surface area contributed by atoms with Crippen LogP contribution in [0.4, 0.5) is 0 Å². The Kier molecular flexibility index (Phi) is 4.39. The first kappa shape index (κ1) is 16.4. The number of nitrogens with zero attached hydrogens (tertiary/aromatic N) is 1. The van der Waals surface area contributed by atoms with Crippen LogP contribution in [0.1, 0.15) is 30.0 Å². The number of hydrogen-bond donors (Lipinski definition) is 1. The van der Waals surface area contributed by atoms with Gasteiger partial charge in [-0.3, -0.25) is 9.69 Å². The van der Waals surface area contributed by atoms with E-state index in [9.17, 15) is 9.90 Å². The Morgan fingerprint density at radius 1 is 1.16 bits per heavy atom. The number of carboxylic acids is 1. The quantitative estimate of drug-likeness (QED) is 0.840. The average Bonchev–Trinajstić information content (AvgIpc) is 3.24. The van der Waals surface area contributed by atoms with Crippen LogP contribution < -0.4 is 9.47 Å². The van der Waals surface area contributed by atoms with Crippen molar-refractivity contribution in [3.05, 3.63) is 58.1 Å². The number of likely N-dealkylation sites (tertiary alicyclic amines) is 1. The van der Waals surface area contributed by atoms with Crippen molar-refractivity contribution in [1.82, 2.24) is 4.90 Å². The van der Waals surface area contributed by atoms with E-state index in [1.54, 1.807) is 0 Å². The zero-order valence-electron chi connectivity index (χ0n) is 13.5. The van der Waals surface area contributed by atoms with Crippen LogP contribution in [0.2, 0.25) is 0 Å². The topological polar surface area (TPSA) is 59.0 Å². The van der Waals surface area contributed by atoms with Gasteiger partial charge in [-0.15, -0.1) is 0 Å². The van der Waals surface area contributed by atoms with Crippen molar-refractivity contribution in [3.8, 4) is 11.5 Å². The molecule has 1 fully saturated rings. The highest BCUT2D eigenvalue weighted by Crippen LogP contribution is 2.40. The van der Waals surface area contributed by atoms with Crippen LogP contribution in [-0.2, 0) is 4.79 Å². The average molecular weight is 404 g/mol. The Morgan fingerprint density at radius 2 is 1.96 bits per heavy atom. The van der Waals surface area contributed by atoms with Crippen molar-refractivity contribution in [2.24, 2.45) is 0 Å². The molecule has 0 amide bonds. The van der Waals surface area contributed by atoms with Gasteiger partial charge in [0, 0.05) is 11.0 Å². The van der Waals surface area contributed by atoms with E-state index >= 15 is 0 Å². The number of carboxylic acid groups (broad SMARTS) is 1. The highest BCUT2D eigenvalue weighted by molar-refractivity contribution is 9.10. The first-order valence-electron chi connectivity index (χ1n) is 8.27. The zero-order valence-corrected chi connectivity index (χ0v) is 15.1. The van der Waals surface area contributed by atoms with Crippen LogP contribution in [0, 0.1) is 0 Å². The van der Waals surface area contributed by atoms with Gasteiger partial charge in [0.05, 0.1) is 6.04 Å². The van der Waals surface area contributed by atoms with Crippen molar-refractivity contribution in [3.63, 3.8) is 0 Å². The summed E-state index contributed by atoms with van der Waals surface area (Å²) in [6.07, 6.45) is 1.55. The van der Waals surface area contributed by atoms with Gasteiger partial charge in [0.25, 0.3) is 0 Å². The second-order valence-corrected chi connectivity index (χ2v) is 7.22. The zero-order chi connectivity index (χ0) is 17.4. The van der Waals surface area contributed by atoms with Crippen molar-refractivity contribution >= 4 is 21.9 Å². The molecule has 5 nitrogen and oxygen atoms in total. The molecule has 1 saturated heterocycles. The Bertz CT molecular complexity index is 810. The maximum atomic E-state index is 11.7. The number of rotatable bonds is 4. The maximum absolute atomic E-state index is 11.7. The molecule has 2 heterocycles. The minimum atomic E-state index is -0.766. The molecule has 2 atom stereocenters. The Hall–Kier alpha value is -2.05. The third-order valence-corrected chi connectivity index (χ3v) is 5.28. The van der Waals surface area contributed by atoms with Crippen molar-refractivity contribution in [2.45, 2.75) is 24.9 Å². The summed E-state index contributed by atoms with van der Waals surface area (Å²) in [4.78, 5) is 13.8. The van der Waals surface area contributed by atoms with Gasteiger partial charge in [0.15, 0.2) is 11.5 Å². The van der Waals surface area contributed by atoms with Gasteiger partial charge in [0.1, 0.15) is 6.04 Å². The second-order valence-electron chi connectivity index (χ2n) is 6.30. The van der Waals surface area contributed by atoms with Gasteiger partial charge >= 0.3 is 5.97 Å². The van der Waals surface area contributed by atoms with Gasteiger partial charge < -0.3 is 14.6 Å². The lowest BCUT2D eigenvalue weighted by molar-refractivity contribution is -0.142. The predicted molar refractivity (Wildman–Crippen MR) is 95.9 cm³/mol. The van der Waals surface area contributed by atoms with Crippen molar-refractivity contribution in [2.75, 3.05) is 13.3 Å². The van der Waals surface area contributed by atoms with Gasteiger partial charge in [0.2, 0.25) is 6.79 Å². The van der Waals surface area contributed by atoms with Gasteiger partial charge in [-0.25, -0.2) is 0 Å². The number of halogens is 1. The Balaban J connectivity index is 1.80. The second kappa shape index (κ2) is 6.69. The van der Waals surface area contributed by atoms with Gasteiger partial charge in [-0.1, -0.05) is 34.1 Å². The third kappa shape index (κ3) is 3.12. The van der Waals surface area contributed by atoms with Crippen molar-refractivity contribution < 1.29 is 19.4 Å². The van der Waals surface area contributed by atoms with E-state index in [0.29, 0.717) is 12.2 Å². The van der Waals surface area contributed by atoms with E-state index in [4.69, 9.17) is 9.47 Å². The lowest BCUT2D eigenvalue weighted by atomic mass is 9.96. The molecule has 0 aromatic heterocycles. The van der Waals surface area contributed by atoms with E-state index < -0.39 is 12.0 Å². The molecule has 2 aliphatic heterocycles. The van der Waals surface area contributed by atoms with Crippen LogP contribution in [-0.4, -0.2) is 35.4 Å². The fourth-order valence-corrected chi connectivity index (χ4v) is 4.12. The molecular weight excluding hydrogens is 386 g/mol. The number of hydrogen-bond acceptors (Lipinski definition) is 4. The summed E-state index contributed by atoms with van der Waals surface area (Å²) in [5.41, 5.74) is 2.07. The summed E-state index contributed by atoms with van der Waals surface area (Å²) in [6.45, 7) is 0.977. The SMILES string of the molecule is O=C(O)C1CCCN1C(c1cccc(Br)c1)c1ccc2c(c1)OCO2. The summed E-state index contributed by atoms with van der Waals surface area (Å²) >= 11 is 3.53. The van der Waals surface area contributed by atoms with E-state index in [-0.39, 0.29) is 12.8 Å². The van der Waals surface area contributed by atoms with Gasteiger partial charge in [-0.2, -0.15) is 0 Å². The smallest absolute Gasteiger partial charge is 0.320 e. The number of aliphatic carboxylic acids is 1. The molecule has 0 spiro atoms. The van der Waals surface area contributed by atoms with E-state index in [1.165, 1.54) is 0 Å². The molecule has 0 bridgehead atoms. The monoisotopic (exact) mass is 403 g/mol. The Labute approximate surface area is 154 Å². The fourth-order valence-electron chi connectivity index (χ4n) is 3.70. The minimum Gasteiger partial charge on any atom is -0.480 e. The van der Waals surface area contributed by atoms with Crippen LogP contribution in [0.15, 0.2) is 46.9 Å². The Morgan fingerprint density at radius 3 is 2.76 bits per heavy atom. The van der Waals surface area contributed by atoms with Crippen molar-refractivity contribution in [1.29, 1.82) is 0 Å². The third-order valence-electron chi connectivity index (χ3n) is 4.79. The predicted octanol–water partition coefficient (Wildman–Crippen LogP) is 3.82. The summed E-state index contributed by atoms with van der Waals surface area (Å²) in [5.74, 6) is 0.676. The van der Waals surface area contributed by atoms with E-state index in [0.717, 1.165) is 34.3 Å². The molecule has 2 aromatic carbocycles. The van der Waals surface area contributed by atoms with Crippen LogP contribution >= 0.6 is 15.9 Å². The lowest BCUT2D eigenvalue weighted by Gasteiger charge is -2.32. The molecule has 6 heteroatoms. The molecule has 130 valence electrons. The first-order chi connectivity index (χ1) is 12.1. The summed E-state index contributed by atoms with van der Waals surface area (Å²) in [5, 5.41) is 9.64. The molecule has 25 heavy (non-hydrogen) atoms. The van der Waals surface area contributed by atoms with E-state index in [1.807, 2.05) is 42.5 Å². The van der Waals surface area contributed by atoms with Gasteiger partial charge in [-0.05, 0) is 48.2 Å². The maximum Gasteiger partial charge on any atom is 0.320 e. The largest absolute Gasteiger partial charge is 0.480 e. The molecule has 1 N–H and O–H groups in total. The highest BCUT2D eigenvalue weighted by atomic mass is 79.9. The molecule has 0 saturated carbocycles. The van der Waals surface area contributed by atoms with Crippen LogP contribution in [0.5, 0.6) is 11.5 Å². The van der Waals surface area contributed by atoms with Crippen LogP contribution in [0.25, 0.3) is 0 Å². The molecular formula is C19H18BrNO4. The number of benzene rings is 2.